The van der Waals surface area contributed by atoms with E-state index in [4.69, 9.17) is 11.6 Å². The summed E-state index contributed by atoms with van der Waals surface area (Å²) in [6.45, 7) is 4.46. The number of carbonyl (C=O) groups is 1. The van der Waals surface area contributed by atoms with Gasteiger partial charge in [0.25, 0.3) is 5.91 Å². The first-order chi connectivity index (χ1) is 8.58. The third kappa shape index (κ3) is 3.02. The third-order valence-electron chi connectivity index (χ3n) is 3.98. The molecule has 0 bridgehead atoms. The van der Waals surface area contributed by atoms with Gasteiger partial charge in [0, 0.05) is 17.3 Å². The minimum absolute atomic E-state index is 0.122. The predicted molar refractivity (Wildman–Crippen MR) is 72.7 cm³/mol. The minimum atomic E-state index is -0.122. The van der Waals surface area contributed by atoms with Crippen molar-refractivity contribution in [3.8, 4) is 0 Å². The Kier molecular flexibility index (Phi) is 4.23. The van der Waals surface area contributed by atoms with Gasteiger partial charge in [0.05, 0.1) is 0 Å². The molecule has 1 amide bonds. The number of halogens is 1. The van der Waals surface area contributed by atoms with Crippen molar-refractivity contribution in [2.45, 2.75) is 39.2 Å². The van der Waals surface area contributed by atoms with Crippen LogP contribution in [0.4, 0.5) is 0 Å². The monoisotopic (exact) mass is 266 g/mol. The number of amides is 1. The van der Waals surface area contributed by atoms with Crippen LogP contribution in [0.25, 0.3) is 0 Å². The highest BCUT2D eigenvalue weighted by molar-refractivity contribution is 6.30. The summed E-state index contributed by atoms with van der Waals surface area (Å²) in [4.78, 5) is 16.1. The lowest BCUT2D eigenvalue weighted by Crippen LogP contribution is -2.43. The molecule has 4 heteroatoms. The molecule has 3 nitrogen and oxygen atoms in total. The van der Waals surface area contributed by atoms with Crippen molar-refractivity contribution in [1.82, 2.24) is 10.3 Å². The average molecular weight is 267 g/mol. The summed E-state index contributed by atoms with van der Waals surface area (Å²) in [5.74, 6) is 1.06. The Morgan fingerprint density at radius 1 is 1.44 bits per heavy atom. The zero-order valence-corrected chi connectivity index (χ0v) is 11.6. The van der Waals surface area contributed by atoms with Crippen molar-refractivity contribution in [3.63, 3.8) is 0 Å². The van der Waals surface area contributed by atoms with Crippen LogP contribution in [0.3, 0.4) is 0 Å². The van der Waals surface area contributed by atoms with Crippen molar-refractivity contribution < 1.29 is 4.79 Å². The number of pyridine rings is 1. The Labute approximate surface area is 113 Å². The number of nitrogens with zero attached hydrogens (tertiary/aromatic N) is 1. The zero-order valence-electron chi connectivity index (χ0n) is 10.8. The average Bonchev–Trinajstić information content (AvgIpc) is 2.35. The van der Waals surface area contributed by atoms with Crippen molar-refractivity contribution in [1.29, 1.82) is 0 Å². The van der Waals surface area contributed by atoms with E-state index in [0.717, 1.165) is 6.42 Å². The molecular formula is C14H19ClN2O. The largest absolute Gasteiger partial charge is 0.348 e. The van der Waals surface area contributed by atoms with Gasteiger partial charge in [0.15, 0.2) is 0 Å². The molecule has 1 aromatic rings. The maximum atomic E-state index is 12.1. The van der Waals surface area contributed by atoms with Gasteiger partial charge >= 0.3 is 0 Å². The van der Waals surface area contributed by atoms with E-state index in [-0.39, 0.29) is 11.9 Å². The number of hydrogen-bond donors (Lipinski definition) is 1. The van der Waals surface area contributed by atoms with E-state index in [1.807, 2.05) is 0 Å². The fraction of sp³-hybridized carbons (Fsp3) is 0.571. The summed E-state index contributed by atoms with van der Waals surface area (Å²) < 4.78 is 0. The van der Waals surface area contributed by atoms with Gasteiger partial charge in [0.1, 0.15) is 5.69 Å². The molecule has 98 valence electrons. The van der Waals surface area contributed by atoms with Crippen molar-refractivity contribution in [3.05, 3.63) is 29.0 Å². The van der Waals surface area contributed by atoms with Crippen molar-refractivity contribution in [2.24, 2.45) is 11.8 Å². The van der Waals surface area contributed by atoms with Crippen LogP contribution < -0.4 is 5.32 Å². The molecule has 0 aromatic carbocycles. The van der Waals surface area contributed by atoms with E-state index in [1.165, 1.54) is 12.8 Å². The molecule has 0 aliphatic heterocycles. The molecule has 1 aliphatic carbocycles. The van der Waals surface area contributed by atoms with Gasteiger partial charge in [-0.2, -0.15) is 0 Å². The molecule has 1 aromatic heterocycles. The number of carbonyl (C=O) groups excluding carboxylic acids is 1. The Hall–Kier alpha value is -1.09. The molecule has 0 spiro atoms. The fourth-order valence-electron chi connectivity index (χ4n) is 2.56. The normalized spacial score (nSPS) is 27.8. The standard InChI is InChI=1S/C14H19ClN2O/c1-9-4-3-5-12(10(9)2)17-14(18)13-8-11(15)6-7-16-13/h6-10,12H,3-5H2,1-2H3,(H,17,18). The third-order valence-corrected chi connectivity index (χ3v) is 4.21. The van der Waals surface area contributed by atoms with Gasteiger partial charge in [-0.3, -0.25) is 9.78 Å². The van der Waals surface area contributed by atoms with Crippen LogP contribution >= 0.6 is 11.6 Å². The van der Waals surface area contributed by atoms with Crippen molar-refractivity contribution in [2.75, 3.05) is 0 Å². The second-order valence-corrected chi connectivity index (χ2v) is 5.64. The summed E-state index contributed by atoms with van der Waals surface area (Å²) in [7, 11) is 0. The minimum Gasteiger partial charge on any atom is -0.348 e. The SMILES string of the molecule is CC1CCCC(NC(=O)c2cc(Cl)ccn2)C1C. The number of nitrogens with one attached hydrogen (secondary N) is 1. The van der Waals surface area contributed by atoms with E-state index in [9.17, 15) is 4.79 Å². The van der Waals surface area contributed by atoms with E-state index in [1.54, 1.807) is 18.3 Å². The van der Waals surface area contributed by atoms with E-state index in [2.05, 4.69) is 24.1 Å². The van der Waals surface area contributed by atoms with Crippen LogP contribution in [-0.2, 0) is 0 Å². The van der Waals surface area contributed by atoms with Crippen molar-refractivity contribution >= 4 is 17.5 Å². The number of rotatable bonds is 2. The van der Waals surface area contributed by atoms with Gasteiger partial charge < -0.3 is 5.32 Å². The molecule has 0 saturated heterocycles. The van der Waals surface area contributed by atoms with Gasteiger partial charge in [0.2, 0.25) is 0 Å². The Morgan fingerprint density at radius 2 is 2.22 bits per heavy atom. The highest BCUT2D eigenvalue weighted by Gasteiger charge is 2.28. The fourth-order valence-corrected chi connectivity index (χ4v) is 2.72. The second-order valence-electron chi connectivity index (χ2n) is 5.21. The summed E-state index contributed by atoms with van der Waals surface area (Å²) in [6.07, 6.45) is 5.05. The Balaban J connectivity index is 2.03. The van der Waals surface area contributed by atoms with Crippen LogP contribution in [0.2, 0.25) is 5.02 Å². The molecule has 1 fully saturated rings. The maximum absolute atomic E-state index is 12.1. The molecular weight excluding hydrogens is 248 g/mol. The quantitative estimate of drug-likeness (QED) is 0.893. The highest BCUT2D eigenvalue weighted by Crippen LogP contribution is 2.29. The topological polar surface area (TPSA) is 42.0 Å². The first-order valence-corrected chi connectivity index (χ1v) is 6.88. The lowest BCUT2D eigenvalue weighted by molar-refractivity contribution is 0.0886. The van der Waals surface area contributed by atoms with Crippen LogP contribution in [-0.4, -0.2) is 16.9 Å². The molecule has 1 aliphatic rings. The predicted octanol–water partition coefficient (Wildman–Crippen LogP) is 3.29. The summed E-state index contributed by atoms with van der Waals surface area (Å²) in [5, 5.41) is 3.62. The van der Waals surface area contributed by atoms with Crippen LogP contribution in [0.1, 0.15) is 43.6 Å². The Bertz CT molecular complexity index is 436. The van der Waals surface area contributed by atoms with Gasteiger partial charge in [-0.05, 0) is 30.4 Å². The Morgan fingerprint density at radius 3 is 2.94 bits per heavy atom. The molecule has 1 N–H and O–H groups in total. The lowest BCUT2D eigenvalue weighted by Gasteiger charge is -2.34. The molecule has 1 heterocycles. The summed E-state index contributed by atoms with van der Waals surface area (Å²) in [5.41, 5.74) is 0.396. The van der Waals surface area contributed by atoms with Gasteiger partial charge in [-0.15, -0.1) is 0 Å². The molecule has 3 unspecified atom stereocenters. The smallest absolute Gasteiger partial charge is 0.270 e. The van der Waals surface area contributed by atoms with Crippen LogP contribution in [0.5, 0.6) is 0 Å². The summed E-state index contributed by atoms with van der Waals surface area (Å²) >= 11 is 5.86. The van der Waals surface area contributed by atoms with E-state index in [0.29, 0.717) is 22.6 Å². The maximum Gasteiger partial charge on any atom is 0.270 e. The second kappa shape index (κ2) is 5.70. The first-order valence-electron chi connectivity index (χ1n) is 6.50. The number of aromatic nitrogens is 1. The van der Waals surface area contributed by atoms with Gasteiger partial charge in [-0.1, -0.05) is 38.3 Å². The van der Waals surface area contributed by atoms with Gasteiger partial charge in [-0.25, -0.2) is 0 Å². The zero-order chi connectivity index (χ0) is 13.1. The van der Waals surface area contributed by atoms with Crippen LogP contribution in [0.15, 0.2) is 18.3 Å². The van der Waals surface area contributed by atoms with Crippen LogP contribution in [0, 0.1) is 11.8 Å². The summed E-state index contributed by atoms with van der Waals surface area (Å²) in [6, 6.07) is 3.53. The molecule has 18 heavy (non-hydrogen) atoms. The molecule has 3 atom stereocenters. The highest BCUT2D eigenvalue weighted by atomic mass is 35.5. The van der Waals surface area contributed by atoms with E-state index < -0.39 is 0 Å². The lowest BCUT2D eigenvalue weighted by atomic mass is 9.78. The van der Waals surface area contributed by atoms with E-state index >= 15 is 0 Å². The molecule has 2 rings (SSSR count). The molecule has 1 saturated carbocycles. The molecule has 0 radical (unpaired) electrons. The first kappa shape index (κ1) is 13.3. The number of hydrogen-bond acceptors (Lipinski definition) is 2.